The molecule has 0 fully saturated rings. The van der Waals surface area contributed by atoms with Crippen molar-refractivity contribution in [3.8, 4) is 0 Å². The zero-order valence-electron chi connectivity index (χ0n) is 9.15. The number of carbonyl (C=O) groups excluding carboxylic acids is 1. The van der Waals surface area contributed by atoms with Crippen molar-refractivity contribution in [2.45, 2.75) is 0 Å². The number of pyridine rings is 1. The lowest BCUT2D eigenvalue weighted by atomic mass is 10.2. The van der Waals surface area contributed by atoms with E-state index in [0.29, 0.717) is 22.1 Å². The lowest BCUT2D eigenvalue weighted by Gasteiger charge is -2.06. The fourth-order valence-corrected chi connectivity index (χ4v) is 2.10. The molecule has 0 aliphatic heterocycles. The number of hydrogen-bond acceptors (Lipinski definition) is 3. The van der Waals surface area contributed by atoms with Crippen molar-refractivity contribution < 1.29 is 4.79 Å². The largest absolute Gasteiger partial charge is 0.397 e. The minimum absolute atomic E-state index is 0.315. The molecule has 3 N–H and O–H groups in total. The van der Waals surface area contributed by atoms with E-state index in [9.17, 15) is 4.79 Å². The van der Waals surface area contributed by atoms with Crippen molar-refractivity contribution in [3.05, 3.63) is 51.6 Å². The number of amides is 1. The third kappa shape index (κ3) is 3.00. The number of nitrogen functional groups attached to an aromatic ring is 1. The van der Waals surface area contributed by atoms with Gasteiger partial charge in [0.25, 0.3) is 5.91 Å². The Hall–Kier alpha value is -1.59. The highest BCUT2D eigenvalue weighted by atomic mass is 79.9. The van der Waals surface area contributed by atoms with Gasteiger partial charge >= 0.3 is 0 Å². The van der Waals surface area contributed by atoms with Crippen LogP contribution in [0.15, 0.2) is 41.0 Å². The fraction of sp³-hybridized carbons (Fsp3) is 0. The van der Waals surface area contributed by atoms with Crippen LogP contribution in [-0.2, 0) is 0 Å². The summed E-state index contributed by atoms with van der Waals surface area (Å²) in [7, 11) is 0. The molecule has 0 aliphatic rings. The molecule has 2 rings (SSSR count). The monoisotopic (exact) mass is 325 g/mol. The Labute approximate surface area is 117 Å². The van der Waals surface area contributed by atoms with Crippen molar-refractivity contribution in [1.82, 2.24) is 4.98 Å². The van der Waals surface area contributed by atoms with Crippen LogP contribution in [0.1, 0.15) is 10.4 Å². The third-order valence-corrected chi connectivity index (χ3v) is 3.01. The van der Waals surface area contributed by atoms with Gasteiger partial charge in [-0.2, -0.15) is 0 Å². The van der Waals surface area contributed by atoms with Gasteiger partial charge in [-0.25, -0.2) is 4.98 Å². The Balaban J connectivity index is 2.19. The molecule has 4 nitrogen and oxygen atoms in total. The van der Waals surface area contributed by atoms with E-state index in [-0.39, 0.29) is 5.91 Å². The standard InChI is InChI=1S/C12H9BrClN3O/c13-7-1-3-9(10(14)5-7)12(18)17-11-4-2-8(15)6-16-11/h1-6H,15H2,(H,16,17,18). The van der Waals surface area contributed by atoms with Crippen LogP contribution < -0.4 is 11.1 Å². The molecule has 92 valence electrons. The summed E-state index contributed by atoms with van der Waals surface area (Å²) in [5.41, 5.74) is 6.43. The zero-order chi connectivity index (χ0) is 13.1. The van der Waals surface area contributed by atoms with Gasteiger partial charge in [-0.3, -0.25) is 4.79 Å². The van der Waals surface area contributed by atoms with E-state index < -0.39 is 0 Å². The first-order valence-electron chi connectivity index (χ1n) is 5.04. The molecule has 0 saturated heterocycles. The maximum Gasteiger partial charge on any atom is 0.258 e. The number of carbonyl (C=O) groups is 1. The second-order valence-corrected chi connectivity index (χ2v) is 4.88. The van der Waals surface area contributed by atoms with Crippen LogP contribution in [0.4, 0.5) is 11.5 Å². The summed E-state index contributed by atoms with van der Waals surface area (Å²) in [6, 6.07) is 8.33. The van der Waals surface area contributed by atoms with Gasteiger partial charge < -0.3 is 11.1 Å². The number of aromatic nitrogens is 1. The minimum Gasteiger partial charge on any atom is -0.397 e. The molecule has 0 radical (unpaired) electrons. The van der Waals surface area contributed by atoms with E-state index in [1.807, 2.05) is 0 Å². The molecule has 1 aromatic carbocycles. The number of anilines is 2. The van der Waals surface area contributed by atoms with Crippen molar-refractivity contribution in [1.29, 1.82) is 0 Å². The van der Waals surface area contributed by atoms with Gasteiger partial charge in [0, 0.05) is 4.47 Å². The highest BCUT2D eigenvalue weighted by Gasteiger charge is 2.11. The summed E-state index contributed by atoms with van der Waals surface area (Å²) in [4.78, 5) is 15.9. The lowest BCUT2D eigenvalue weighted by molar-refractivity contribution is 0.102. The summed E-state index contributed by atoms with van der Waals surface area (Å²) >= 11 is 9.26. The number of halogens is 2. The van der Waals surface area contributed by atoms with Crippen LogP contribution in [0.3, 0.4) is 0 Å². The SMILES string of the molecule is Nc1ccc(NC(=O)c2ccc(Br)cc2Cl)nc1. The predicted octanol–water partition coefficient (Wildman–Crippen LogP) is 3.33. The quantitative estimate of drug-likeness (QED) is 0.889. The second-order valence-electron chi connectivity index (χ2n) is 3.56. The number of nitrogens with zero attached hydrogens (tertiary/aromatic N) is 1. The summed E-state index contributed by atoms with van der Waals surface area (Å²) < 4.78 is 0.814. The first-order valence-corrected chi connectivity index (χ1v) is 6.21. The van der Waals surface area contributed by atoms with E-state index in [0.717, 1.165) is 4.47 Å². The molecule has 0 aliphatic carbocycles. The Morgan fingerprint density at radius 1 is 1.33 bits per heavy atom. The molecule has 6 heteroatoms. The molecule has 0 saturated carbocycles. The first kappa shape index (κ1) is 12.9. The maximum atomic E-state index is 11.9. The molecular formula is C12H9BrClN3O. The number of nitrogens with one attached hydrogen (secondary N) is 1. The number of hydrogen-bond donors (Lipinski definition) is 2. The predicted molar refractivity (Wildman–Crippen MR) is 75.8 cm³/mol. The van der Waals surface area contributed by atoms with Gasteiger partial charge in [0.1, 0.15) is 5.82 Å². The van der Waals surface area contributed by atoms with Gasteiger partial charge in [0.2, 0.25) is 0 Å². The molecule has 0 spiro atoms. The third-order valence-electron chi connectivity index (χ3n) is 2.20. The normalized spacial score (nSPS) is 10.1. The molecule has 1 aromatic heterocycles. The van der Waals surface area contributed by atoms with E-state index >= 15 is 0 Å². The van der Waals surface area contributed by atoms with Crippen LogP contribution in [0.2, 0.25) is 5.02 Å². The average molecular weight is 327 g/mol. The summed E-state index contributed by atoms with van der Waals surface area (Å²) in [5.74, 6) is 0.109. The van der Waals surface area contributed by atoms with Gasteiger partial charge in [0.15, 0.2) is 0 Å². The van der Waals surface area contributed by atoms with Gasteiger partial charge in [-0.05, 0) is 30.3 Å². The van der Waals surface area contributed by atoms with E-state index in [2.05, 4.69) is 26.2 Å². The van der Waals surface area contributed by atoms with Gasteiger partial charge in [-0.1, -0.05) is 27.5 Å². The van der Waals surface area contributed by atoms with E-state index in [1.54, 1.807) is 30.3 Å². The Kier molecular flexibility index (Phi) is 3.84. The van der Waals surface area contributed by atoms with Crippen molar-refractivity contribution in [2.24, 2.45) is 0 Å². The molecule has 1 heterocycles. The summed E-state index contributed by atoms with van der Waals surface area (Å²) in [6.45, 7) is 0. The summed E-state index contributed by atoms with van der Waals surface area (Å²) in [5, 5.41) is 3.01. The number of rotatable bonds is 2. The molecule has 1 amide bonds. The molecule has 0 bridgehead atoms. The Morgan fingerprint density at radius 2 is 2.11 bits per heavy atom. The molecule has 0 unspecified atom stereocenters. The number of benzene rings is 1. The van der Waals surface area contributed by atoms with E-state index in [1.165, 1.54) is 6.20 Å². The van der Waals surface area contributed by atoms with E-state index in [4.69, 9.17) is 17.3 Å². The highest BCUT2D eigenvalue weighted by molar-refractivity contribution is 9.10. The molecule has 18 heavy (non-hydrogen) atoms. The highest BCUT2D eigenvalue weighted by Crippen LogP contribution is 2.22. The Bertz CT molecular complexity index is 586. The topological polar surface area (TPSA) is 68.0 Å². The van der Waals surface area contributed by atoms with Crippen molar-refractivity contribution >= 4 is 44.9 Å². The van der Waals surface area contributed by atoms with Crippen LogP contribution >= 0.6 is 27.5 Å². The van der Waals surface area contributed by atoms with Crippen LogP contribution in [0, 0.1) is 0 Å². The van der Waals surface area contributed by atoms with Crippen molar-refractivity contribution in [2.75, 3.05) is 11.1 Å². The van der Waals surface area contributed by atoms with Crippen molar-refractivity contribution in [3.63, 3.8) is 0 Å². The second kappa shape index (κ2) is 5.37. The van der Waals surface area contributed by atoms with Crippen LogP contribution in [0.25, 0.3) is 0 Å². The average Bonchev–Trinajstić information content (AvgIpc) is 2.32. The van der Waals surface area contributed by atoms with Gasteiger partial charge in [0.05, 0.1) is 22.5 Å². The maximum absolute atomic E-state index is 11.9. The first-order chi connectivity index (χ1) is 8.56. The summed E-state index contributed by atoms with van der Waals surface area (Å²) in [6.07, 6.45) is 1.47. The zero-order valence-corrected chi connectivity index (χ0v) is 11.5. The lowest BCUT2D eigenvalue weighted by Crippen LogP contribution is -2.13. The molecular weight excluding hydrogens is 318 g/mol. The fourth-order valence-electron chi connectivity index (χ4n) is 1.34. The smallest absolute Gasteiger partial charge is 0.258 e. The van der Waals surface area contributed by atoms with Gasteiger partial charge in [-0.15, -0.1) is 0 Å². The minimum atomic E-state index is -0.315. The van der Waals surface area contributed by atoms with Crippen LogP contribution in [-0.4, -0.2) is 10.9 Å². The Morgan fingerprint density at radius 3 is 2.72 bits per heavy atom. The molecule has 2 aromatic rings. The van der Waals surface area contributed by atoms with Crippen LogP contribution in [0.5, 0.6) is 0 Å². The molecule has 0 atom stereocenters. The number of nitrogens with two attached hydrogens (primary N) is 1.